The van der Waals surface area contributed by atoms with Crippen LogP contribution in [0.5, 0.6) is 5.75 Å². The third-order valence-corrected chi connectivity index (χ3v) is 3.54. The maximum absolute atomic E-state index is 11.3. The van der Waals surface area contributed by atoms with Gasteiger partial charge >= 0.3 is 5.69 Å². The van der Waals surface area contributed by atoms with Gasteiger partial charge in [-0.25, -0.2) is 4.79 Å². The fourth-order valence-electron chi connectivity index (χ4n) is 2.36. The highest BCUT2D eigenvalue weighted by atomic mass is 16.5. The molecule has 23 heavy (non-hydrogen) atoms. The van der Waals surface area contributed by atoms with E-state index < -0.39 is 0 Å². The number of benzene rings is 2. The van der Waals surface area contributed by atoms with E-state index in [9.17, 15) is 4.79 Å². The maximum Gasteiger partial charge on any atom is 0.323 e. The van der Waals surface area contributed by atoms with Gasteiger partial charge in [0.05, 0.1) is 18.1 Å². The number of nitrogens with zero attached hydrogens (tertiary/aromatic N) is 2. The van der Waals surface area contributed by atoms with E-state index in [0.29, 0.717) is 17.2 Å². The van der Waals surface area contributed by atoms with Gasteiger partial charge in [0.25, 0.3) is 5.89 Å². The summed E-state index contributed by atoms with van der Waals surface area (Å²) in [6.07, 6.45) is 0. The number of nitrogens with one attached hydrogen (secondary N) is 2. The van der Waals surface area contributed by atoms with Crippen LogP contribution in [0.15, 0.2) is 51.8 Å². The fourth-order valence-corrected chi connectivity index (χ4v) is 2.36. The molecule has 0 aliphatic heterocycles. The van der Waals surface area contributed by atoms with Crippen LogP contribution in [-0.4, -0.2) is 27.2 Å². The SMILES string of the molecule is COc1ccc(-c2nc(-c3ccc4[nH]c(=O)[nH]c4c3)no2)cc1. The molecule has 0 bridgehead atoms. The summed E-state index contributed by atoms with van der Waals surface area (Å²) < 4.78 is 10.4. The van der Waals surface area contributed by atoms with Gasteiger partial charge in [-0.05, 0) is 42.5 Å². The Morgan fingerprint density at radius 3 is 2.52 bits per heavy atom. The zero-order chi connectivity index (χ0) is 15.8. The molecule has 0 fully saturated rings. The Bertz CT molecular complexity index is 1030. The van der Waals surface area contributed by atoms with E-state index in [1.165, 1.54) is 0 Å². The summed E-state index contributed by atoms with van der Waals surface area (Å²) >= 11 is 0. The minimum Gasteiger partial charge on any atom is -0.497 e. The number of aromatic nitrogens is 4. The zero-order valence-electron chi connectivity index (χ0n) is 12.2. The lowest BCUT2D eigenvalue weighted by atomic mass is 10.2. The van der Waals surface area contributed by atoms with Gasteiger partial charge in [0, 0.05) is 11.1 Å². The van der Waals surface area contributed by atoms with E-state index in [4.69, 9.17) is 9.26 Å². The van der Waals surface area contributed by atoms with E-state index in [1.807, 2.05) is 30.3 Å². The highest BCUT2D eigenvalue weighted by molar-refractivity contribution is 5.80. The first kappa shape index (κ1) is 13.3. The third-order valence-electron chi connectivity index (χ3n) is 3.54. The number of fused-ring (bicyclic) bond motifs is 1. The summed E-state index contributed by atoms with van der Waals surface area (Å²) in [6.45, 7) is 0. The van der Waals surface area contributed by atoms with E-state index in [2.05, 4.69) is 20.1 Å². The molecule has 0 saturated heterocycles. The summed E-state index contributed by atoms with van der Waals surface area (Å²) in [4.78, 5) is 21.1. The quantitative estimate of drug-likeness (QED) is 0.606. The summed E-state index contributed by atoms with van der Waals surface area (Å²) in [5.74, 6) is 1.64. The molecule has 0 amide bonds. The largest absolute Gasteiger partial charge is 0.497 e. The normalized spacial score (nSPS) is 11.0. The molecule has 4 aromatic rings. The topological polar surface area (TPSA) is 96.8 Å². The predicted octanol–water partition coefficient (Wildman–Crippen LogP) is 2.58. The molecule has 0 aliphatic carbocycles. The average molecular weight is 308 g/mol. The van der Waals surface area contributed by atoms with Crippen LogP contribution in [0.25, 0.3) is 33.9 Å². The van der Waals surface area contributed by atoms with Gasteiger partial charge in [0.2, 0.25) is 5.82 Å². The first-order chi connectivity index (χ1) is 11.2. The molecule has 0 saturated carbocycles. The Labute approximate surface area is 129 Å². The first-order valence-electron chi connectivity index (χ1n) is 6.93. The van der Waals surface area contributed by atoms with Gasteiger partial charge in [-0.2, -0.15) is 4.98 Å². The van der Waals surface area contributed by atoms with Crippen LogP contribution in [-0.2, 0) is 0 Å². The highest BCUT2D eigenvalue weighted by Gasteiger charge is 2.11. The molecule has 0 atom stereocenters. The van der Waals surface area contributed by atoms with Crippen LogP contribution in [0.2, 0.25) is 0 Å². The van der Waals surface area contributed by atoms with Crippen LogP contribution >= 0.6 is 0 Å². The molecule has 2 aromatic carbocycles. The Hall–Kier alpha value is -3.35. The molecule has 7 heteroatoms. The van der Waals surface area contributed by atoms with Gasteiger partial charge in [-0.1, -0.05) is 5.16 Å². The second kappa shape index (κ2) is 5.13. The molecule has 0 spiro atoms. The molecule has 7 nitrogen and oxygen atoms in total. The van der Waals surface area contributed by atoms with Crippen LogP contribution in [0.3, 0.4) is 0 Å². The molecule has 0 unspecified atom stereocenters. The van der Waals surface area contributed by atoms with Crippen LogP contribution < -0.4 is 10.4 Å². The van der Waals surface area contributed by atoms with Crippen molar-refractivity contribution in [1.29, 1.82) is 0 Å². The summed E-state index contributed by atoms with van der Waals surface area (Å²) in [5, 5.41) is 4.00. The first-order valence-corrected chi connectivity index (χ1v) is 6.93. The molecule has 114 valence electrons. The van der Waals surface area contributed by atoms with Crippen LogP contribution in [0, 0.1) is 0 Å². The van der Waals surface area contributed by atoms with E-state index in [-0.39, 0.29) is 5.69 Å². The molecule has 2 heterocycles. The van der Waals surface area contributed by atoms with Crippen molar-refractivity contribution in [3.05, 3.63) is 52.9 Å². The van der Waals surface area contributed by atoms with Crippen molar-refractivity contribution < 1.29 is 9.26 Å². The number of hydrogen-bond acceptors (Lipinski definition) is 5. The van der Waals surface area contributed by atoms with Crippen molar-refractivity contribution in [1.82, 2.24) is 20.1 Å². The lowest BCUT2D eigenvalue weighted by molar-refractivity contribution is 0.414. The van der Waals surface area contributed by atoms with Crippen molar-refractivity contribution in [2.75, 3.05) is 7.11 Å². The number of H-pyrrole nitrogens is 2. The van der Waals surface area contributed by atoms with Crippen LogP contribution in [0.4, 0.5) is 0 Å². The van der Waals surface area contributed by atoms with Crippen molar-refractivity contribution in [3.63, 3.8) is 0 Å². The summed E-state index contributed by atoms with van der Waals surface area (Å²) in [6, 6.07) is 12.8. The predicted molar refractivity (Wildman–Crippen MR) is 84.2 cm³/mol. The Kier molecular flexibility index (Phi) is 2.97. The lowest BCUT2D eigenvalue weighted by Gasteiger charge is -1.98. The van der Waals surface area contributed by atoms with Gasteiger partial charge < -0.3 is 19.2 Å². The van der Waals surface area contributed by atoms with E-state index in [0.717, 1.165) is 22.4 Å². The van der Waals surface area contributed by atoms with E-state index in [1.54, 1.807) is 19.2 Å². The van der Waals surface area contributed by atoms with Crippen molar-refractivity contribution >= 4 is 11.0 Å². The molecule has 2 aromatic heterocycles. The van der Waals surface area contributed by atoms with Crippen LogP contribution in [0.1, 0.15) is 0 Å². The Morgan fingerprint density at radius 2 is 1.74 bits per heavy atom. The van der Waals surface area contributed by atoms with Gasteiger partial charge in [-0.15, -0.1) is 0 Å². The summed E-state index contributed by atoms with van der Waals surface area (Å²) in [5.41, 5.74) is 2.75. The highest BCUT2D eigenvalue weighted by Crippen LogP contribution is 2.25. The Balaban J connectivity index is 1.71. The molecule has 2 N–H and O–H groups in total. The number of methoxy groups -OCH3 is 1. The second-order valence-electron chi connectivity index (χ2n) is 4.99. The smallest absolute Gasteiger partial charge is 0.323 e. The Morgan fingerprint density at radius 1 is 1.00 bits per heavy atom. The van der Waals surface area contributed by atoms with Gasteiger partial charge in [-0.3, -0.25) is 0 Å². The molecule has 4 rings (SSSR count). The monoisotopic (exact) mass is 308 g/mol. The van der Waals surface area contributed by atoms with E-state index >= 15 is 0 Å². The molecular formula is C16H12N4O3. The van der Waals surface area contributed by atoms with Crippen molar-refractivity contribution in [2.45, 2.75) is 0 Å². The number of imidazole rings is 1. The lowest BCUT2D eigenvalue weighted by Crippen LogP contribution is -1.99. The molecule has 0 aliphatic rings. The summed E-state index contributed by atoms with van der Waals surface area (Å²) in [7, 11) is 1.61. The standard InChI is InChI=1S/C16H12N4O3/c1-22-11-5-2-9(3-6-11)15-19-14(20-23-15)10-4-7-12-13(8-10)18-16(21)17-12/h2-8H,1H3,(H2,17,18,21). The van der Waals surface area contributed by atoms with Crippen molar-refractivity contribution in [2.24, 2.45) is 0 Å². The average Bonchev–Trinajstić information content (AvgIpc) is 3.19. The third kappa shape index (κ3) is 2.38. The molecule has 0 radical (unpaired) electrons. The van der Waals surface area contributed by atoms with Gasteiger partial charge in [0.1, 0.15) is 5.75 Å². The second-order valence-corrected chi connectivity index (χ2v) is 4.99. The number of hydrogen-bond donors (Lipinski definition) is 2. The minimum atomic E-state index is -0.246. The number of aromatic amines is 2. The fraction of sp³-hybridized carbons (Fsp3) is 0.0625. The minimum absolute atomic E-state index is 0.246. The van der Waals surface area contributed by atoms with Gasteiger partial charge in [0.15, 0.2) is 0 Å². The molecular weight excluding hydrogens is 296 g/mol. The number of ether oxygens (including phenoxy) is 1. The maximum atomic E-state index is 11.3. The zero-order valence-corrected chi connectivity index (χ0v) is 12.2. The number of rotatable bonds is 3. The van der Waals surface area contributed by atoms with Crippen molar-refractivity contribution in [3.8, 4) is 28.6 Å².